The molecule has 0 radical (unpaired) electrons. The number of hydrogen-bond donors (Lipinski definition) is 2. The second-order valence-corrected chi connectivity index (χ2v) is 5.98. The van der Waals surface area contributed by atoms with Crippen LogP contribution in [0.2, 0.25) is 5.15 Å². The molecule has 1 saturated carbocycles. The van der Waals surface area contributed by atoms with Crippen molar-refractivity contribution >= 4 is 23.4 Å². The van der Waals surface area contributed by atoms with Crippen LogP contribution in [0.25, 0.3) is 0 Å². The summed E-state index contributed by atoms with van der Waals surface area (Å²) in [6.07, 6.45) is 6.25. The van der Waals surface area contributed by atoms with Gasteiger partial charge in [-0.3, -0.25) is 0 Å². The summed E-state index contributed by atoms with van der Waals surface area (Å²) in [5.41, 5.74) is 0.433. The molecule has 1 heterocycles. The Balaban J connectivity index is 2.04. The molecule has 1 aliphatic carbocycles. The summed E-state index contributed by atoms with van der Waals surface area (Å²) in [7, 11) is 0. The number of aromatic nitrogens is 1. The minimum absolute atomic E-state index is 0.163. The normalized spacial score (nSPS) is 18.0. The van der Waals surface area contributed by atoms with E-state index in [1.807, 2.05) is 0 Å². The van der Waals surface area contributed by atoms with Crippen LogP contribution < -0.4 is 5.32 Å². The van der Waals surface area contributed by atoms with E-state index in [1.54, 1.807) is 0 Å². The average Bonchev–Trinajstić information content (AvgIpc) is 2.37. The second kappa shape index (κ2) is 5.78. The highest BCUT2D eigenvalue weighted by molar-refractivity contribution is 6.29. The van der Waals surface area contributed by atoms with E-state index in [0.29, 0.717) is 5.82 Å². The molecule has 104 valence electrons. The Hall–Kier alpha value is -1.29. The van der Waals surface area contributed by atoms with Crippen LogP contribution in [0.1, 0.15) is 49.4 Å². The van der Waals surface area contributed by atoms with Crippen molar-refractivity contribution < 1.29 is 9.90 Å². The van der Waals surface area contributed by atoms with E-state index in [4.69, 9.17) is 16.7 Å². The third kappa shape index (κ3) is 3.83. The van der Waals surface area contributed by atoms with Crippen molar-refractivity contribution in [2.45, 2.75) is 39.0 Å². The average molecular weight is 283 g/mol. The van der Waals surface area contributed by atoms with Gasteiger partial charge in [-0.05, 0) is 30.4 Å². The summed E-state index contributed by atoms with van der Waals surface area (Å²) in [4.78, 5) is 15.1. The van der Waals surface area contributed by atoms with Crippen LogP contribution in [-0.2, 0) is 0 Å². The van der Waals surface area contributed by atoms with Gasteiger partial charge in [-0.2, -0.15) is 0 Å². The largest absolute Gasteiger partial charge is 0.478 e. The maximum Gasteiger partial charge on any atom is 0.335 e. The fourth-order valence-corrected chi connectivity index (χ4v) is 2.81. The van der Waals surface area contributed by atoms with Crippen molar-refractivity contribution in [3.8, 4) is 0 Å². The van der Waals surface area contributed by atoms with Gasteiger partial charge in [0, 0.05) is 6.54 Å². The molecule has 0 atom stereocenters. The summed E-state index contributed by atoms with van der Waals surface area (Å²) in [5.74, 6) is -0.451. The van der Waals surface area contributed by atoms with Crippen LogP contribution >= 0.6 is 11.6 Å². The third-order valence-electron chi connectivity index (χ3n) is 3.80. The summed E-state index contributed by atoms with van der Waals surface area (Å²) < 4.78 is 0. The van der Waals surface area contributed by atoms with Gasteiger partial charge in [-0.25, -0.2) is 9.78 Å². The first-order valence-corrected chi connectivity index (χ1v) is 7.01. The lowest BCUT2D eigenvalue weighted by molar-refractivity contribution is 0.0697. The van der Waals surface area contributed by atoms with Crippen LogP contribution in [0, 0.1) is 5.41 Å². The van der Waals surface area contributed by atoms with Crippen LogP contribution in [0.3, 0.4) is 0 Å². The molecule has 5 heteroatoms. The molecule has 4 nitrogen and oxygen atoms in total. The first kappa shape index (κ1) is 14.1. The number of hydrogen-bond acceptors (Lipinski definition) is 3. The van der Waals surface area contributed by atoms with E-state index in [0.717, 1.165) is 6.54 Å². The lowest BCUT2D eigenvalue weighted by Crippen LogP contribution is -2.29. The Kier molecular flexibility index (Phi) is 4.30. The second-order valence-electron chi connectivity index (χ2n) is 5.59. The fourth-order valence-electron chi connectivity index (χ4n) is 2.60. The van der Waals surface area contributed by atoms with Crippen molar-refractivity contribution in [3.63, 3.8) is 0 Å². The number of carboxylic acids is 1. The molecule has 0 amide bonds. The molecule has 1 aromatic heterocycles. The third-order valence-corrected chi connectivity index (χ3v) is 3.99. The van der Waals surface area contributed by atoms with E-state index >= 15 is 0 Å². The lowest BCUT2D eigenvalue weighted by Gasteiger charge is -2.33. The number of carboxylic acid groups (broad SMARTS) is 1. The molecule has 2 N–H and O–H groups in total. The SMILES string of the molecule is CC1(CNc2cc(C(=O)O)cc(Cl)n2)CCCCC1. The molecule has 0 bridgehead atoms. The monoisotopic (exact) mass is 282 g/mol. The molecule has 19 heavy (non-hydrogen) atoms. The molecule has 1 aliphatic rings. The number of halogens is 1. The predicted octanol–water partition coefficient (Wildman–Crippen LogP) is 3.82. The Morgan fingerprint density at radius 2 is 2.11 bits per heavy atom. The minimum Gasteiger partial charge on any atom is -0.478 e. The summed E-state index contributed by atoms with van der Waals surface area (Å²) in [6.45, 7) is 3.07. The standard InChI is InChI=1S/C14H19ClN2O2/c1-14(5-3-2-4-6-14)9-16-12-8-10(13(18)19)7-11(15)17-12/h7-8H,2-6,9H2,1H3,(H,16,17)(H,18,19). The molecular weight excluding hydrogens is 264 g/mol. The molecule has 1 fully saturated rings. The predicted molar refractivity (Wildman–Crippen MR) is 75.9 cm³/mol. The van der Waals surface area contributed by atoms with Crippen molar-refractivity contribution in [2.75, 3.05) is 11.9 Å². The van der Waals surface area contributed by atoms with E-state index in [2.05, 4.69) is 17.2 Å². The molecule has 0 spiro atoms. The smallest absolute Gasteiger partial charge is 0.335 e. The van der Waals surface area contributed by atoms with Gasteiger partial charge < -0.3 is 10.4 Å². The van der Waals surface area contributed by atoms with Gasteiger partial charge >= 0.3 is 5.97 Å². The van der Waals surface area contributed by atoms with Crippen molar-refractivity contribution in [3.05, 3.63) is 22.8 Å². The van der Waals surface area contributed by atoms with E-state index in [1.165, 1.54) is 44.2 Å². The van der Waals surface area contributed by atoms with Crippen LogP contribution in [0.5, 0.6) is 0 Å². The van der Waals surface area contributed by atoms with E-state index in [-0.39, 0.29) is 16.1 Å². The Labute approximate surface area is 118 Å². The maximum absolute atomic E-state index is 11.0. The van der Waals surface area contributed by atoms with Crippen LogP contribution in [0.15, 0.2) is 12.1 Å². The summed E-state index contributed by atoms with van der Waals surface area (Å²) in [6, 6.07) is 2.89. The molecular formula is C14H19ClN2O2. The van der Waals surface area contributed by atoms with Gasteiger partial charge in [0.25, 0.3) is 0 Å². The van der Waals surface area contributed by atoms with Gasteiger partial charge in [0.2, 0.25) is 0 Å². The molecule has 0 unspecified atom stereocenters. The number of anilines is 1. The number of aromatic carboxylic acids is 1. The zero-order valence-corrected chi connectivity index (χ0v) is 11.8. The van der Waals surface area contributed by atoms with Gasteiger partial charge in [0.15, 0.2) is 0 Å². The van der Waals surface area contributed by atoms with Gasteiger partial charge in [0.1, 0.15) is 11.0 Å². The first-order valence-electron chi connectivity index (χ1n) is 6.63. The highest BCUT2D eigenvalue weighted by atomic mass is 35.5. The van der Waals surface area contributed by atoms with E-state index in [9.17, 15) is 4.79 Å². The van der Waals surface area contributed by atoms with Crippen molar-refractivity contribution in [1.82, 2.24) is 4.98 Å². The molecule has 0 aromatic carbocycles. The summed E-state index contributed by atoms with van der Waals surface area (Å²) >= 11 is 5.84. The van der Waals surface area contributed by atoms with Crippen LogP contribution in [0.4, 0.5) is 5.82 Å². The quantitative estimate of drug-likeness (QED) is 0.824. The Morgan fingerprint density at radius 1 is 1.42 bits per heavy atom. The number of nitrogens with one attached hydrogen (secondary N) is 1. The van der Waals surface area contributed by atoms with E-state index < -0.39 is 5.97 Å². The molecule has 0 aliphatic heterocycles. The lowest BCUT2D eigenvalue weighted by atomic mass is 9.76. The van der Waals surface area contributed by atoms with Gasteiger partial charge in [-0.1, -0.05) is 37.8 Å². The minimum atomic E-state index is -0.990. The molecule has 2 rings (SSSR count). The molecule has 1 aromatic rings. The summed E-state index contributed by atoms with van der Waals surface area (Å²) in [5, 5.41) is 12.4. The fraction of sp³-hybridized carbons (Fsp3) is 0.571. The Morgan fingerprint density at radius 3 is 2.74 bits per heavy atom. The zero-order valence-electron chi connectivity index (χ0n) is 11.1. The number of pyridine rings is 1. The van der Waals surface area contributed by atoms with Crippen LogP contribution in [-0.4, -0.2) is 22.6 Å². The highest BCUT2D eigenvalue weighted by Crippen LogP contribution is 2.35. The number of carbonyl (C=O) groups is 1. The highest BCUT2D eigenvalue weighted by Gasteiger charge is 2.26. The topological polar surface area (TPSA) is 62.2 Å². The number of rotatable bonds is 4. The first-order chi connectivity index (χ1) is 8.98. The molecule has 0 saturated heterocycles. The maximum atomic E-state index is 11.0. The van der Waals surface area contributed by atoms with Crippen molar-refractivity contribution in [1.29, 1.82) is 0 Å². The van der Waals surface area contributed by atoms with Crippen molar-refractivity contribution in [2.24, 2.45) is 5.41 Å². The zero-order chi connectivity index (χ0) is 13.9. The van der Waals surface area contributed by atoms with Gasteiger partial charge in [-0.15, -0.1) is 0 Å². The van der Waals surface area contributed by atoms with Gasteiger partial charge in [0.05, 0.1) is 5.56 Å². The number of nitrogens with zero attached hydrogens (tertiary/aromatic N) is 1. The Bertz CT molecular complexity index is 471.